The summed E-state index contributed by atoms with van der Waals surface area (Å²) < 4.78 is 10.8. The van der Waals surface area contributed by atoms with E-state index in [0.29, 0.717) is 11.3 Å². The van der Waals surface area contributed by atoms with Gasteiger partial charge in [0, 0.05) is 13.2 Å². The number of carbonyl (C=O) groups is 1. The van der Waals surface area contributed by atoms with E-state index < -0.39 is 5.54 Å². The maximum atomic E-state index is 12.3. The van der Waals surface area contributed by atoms with Gasteiger partial charge in [-0.1, -0.05) is 20.8 Å². The molecule has 2 rings (SSSR count). The van der Waals surface area contributed by atoms with Crippen molar-refractivity contribution in [3.8, 4) is 0 Å². The molecule has 2 aliphatic rings. The fraction of sp³-hybridized carbons (Fsp3) is 0.941. The van der Waals surface area contributed by atoms with Crippen LogP contribution in [0.3, 0.4) is 0 Å². The molecule has 0 aromatic rings. The lowest BCUT2D eigenvalue weighted by Crippen LogP contribution is -2.57. The number of rotatable bonds is 4. The van der Waals surface area contributed by atoms with Gasteiger partial charge in [0.05, 0.1) is 13.2 Å². The van der Waals surface area contributed by atoms with Crippen LogP contribution in [-0.4, -0.2) is 37.9 Å². The largest absolute Gasteiger partial charge is 0.468 e. The number of hydrogen-bond donors (Lipinski definition) is 1. The third-order valence-corrected chi connectivity index (χ3v) is 5.33. The van der Waals surface area contributed by atoms with Crippen molar-refractivity contribution in [3.63, 3.8) is 0 Å². The van der Waals surface area contributed by atoms with E-state index >= 15 is 0 Å². The van der Waals surface area contributed by atoms with Crippen LogP contribution in [0.15, 0.2) is 0 Å². The van der Waals surface area contributed by atoms with Crippen molar-refractivity contribution >= 4 is 5.97 Å². The van der Waals surface area contributed by atoms with Crippen LogP contribution in [0.5, 0.6) is 0 Å². The summed E-state index contributed by atoms with van der Waals surface area (Å²) in [6.45, 7) is 8.49. The summed E-state index contributed by atoms with van der Waals surface area (Å²) in [6.07, 6.45) is 6.38. The van der Waals surface area contributed by atoms with Gasteiger partial charge in [0.2, 0.25) is 0 Å². The minimum absolute atomic E-state index is 0.104. The number of carbonyl (C=O) groups excluding carboxylic acids is 1. The van der Waals surface area contributed by atoms with Crippen molar-refractivity contribution in [2.45, 2.75) is 70.9 Å². The van der Waals surface area contributed by atoms with E-state index in [-0.39, 0.29) is 12.1 Å². The first kappa shape index (κ1) is 16.8. The monoisotopic (exact) mass is 297 g/mol. The minimum Gasteiger partial charge on any atom is -0.468 e. The summed E-state index contributed by atoms with van der Waals surface area (Å²) in [5.74, 6) is 0.577. The highest BCUT2D eigenvalue weighted by molar-refractivity contribution is 5.80. The quantitative estimate of drug-likeness (QED) is 0.811. The fourth-order valence-electron chi connectivity index (χ4n) is 3.74. The van der Waals surface area contributed by atoms with Gasteiger partial charge < -0.3 is 9.47 Å². The molecule has 1 aliphatic carbocycles. The first-order chi connectivity index (χ1) is 9.87. The molecular formula is C17H31NO3. The van der Waals surface area contributed by atoms with E-state index in [9.17, 15) is 4.79 Å². The molecule has 1 atom stereocenters. The van der Waals surface area contributed by atoms with Crippen LogP contribution in [0, 0.1) is 11.3 Å². The average molecular weight is 297 g/mol. The van der Waals surface area contributed by atoms with Gasteiger partial charge in [-0.3, -0.25) is 10.1 Å². The molecule has 2 fully saturated rings. The molecule has 1 saturated heterocycles. The average Bonchev–Trinajstić information content (AvgIpc) is 2.97. The minimum atomic E-state index is -0.498. The first-order valence-electron chi connectivity index (χ1n) is 8.32. The summed E-state index contributed by atoms with van der Waals surface area (Å²) in [5.41, 5.74) is -0.181. The zero-order valence-corrected chi connectivity index (χ0v) is 14.0. The molecule has 21 heavy (non-hydrogen) atoms. The normalized spacial score (nSPS) is 33.9. The Hall–Kier alpha value is -0.610. The van der Waals surface area contributed by atoms with Crippen LogP contribution in [0.25, 0.3) is 0 Å². The van der Waals surface area contributed by atoms with Crippen molar-refractivity contribution in [2.24, 2.45) is 11.3 Å². The van der Waals surface area contributed by atoms with E-state index in [1.807, 2.05) is 0 Å². The molecule has 1 unspecified atom stereocenters. The van der Waals surface area contributed by atoms with Crippen LogP contribution in [0.4, 0.5) is 0 Å². The highest BCUT2D eigenvalue weighted by Crippen LogP contribution is 2.41. The molecule has 4 heteroatoms. The number of esters is 1. The van der Waals surface area contributed by atoms with E-state index in [4.69, 9.17) is 9.47 Å². The van der Waals surface area contributed by atoms with E-state index in [1.54, 1.807) is 0 Å². The third kappa shape index (κ3) is 3.98. The van der Waals surface area contributed by atoms with Gasteiger partial charge in [0.1, 0.15) is 5.54 Å². The molecule has 1 aliphatic heterocycles. The van der Waals surface area contributed by atoms with Crippen LogP contribution >= 0.6 is 0 Å². The van der Waals surface area contributed by atoms with E-state index in [1.165, 1.54) is 7.11 Å². The van der Waals surface area contributed by atoms with E-state index in [2.05, 4.69) is 26.1 Å². The van der Waals surface area contributed by atoms with Crippen LogP contribution in [0.2, 0.25) is 0 Å². The zero-order chi connectivity index (χ0) is 15.5. The van der Waals surface area contributed by atoms with Crippen LogP contribution in [0.1, 0.15) is 59.3 Å². The Labute approximate surface area is 129 Å². The topological polar surface area (TPSA) is 47.6 Å². The summed E-state index contributed by atoms with van der Waals surface area (Å²) in [5, 5.41) is 3.50. The second kappa shape index (κ2) is 6.66. The lowest BCUT2D eigenvalue weighted by atomic mass is 9.67. The molecule has 0 spiro atoms. The number of ether oxygens (including phenoxy) is 2. The lowest BCUT2D eigenvalue weighted by molar-refractivity contribution is -0.151. The van der Waals surface area contributed by atoms with Crippen LogP contribution in [-0.2, 0) is 14.3 Å². The maximum absolute atomic E-state index is 12.3. The molecule has 1 heterocycles. The SMILES string of the molecule is COC(=O)C1(NCC2CCCO2)CCC(C(C)(C)C)CC1. The van der Waals surface area contributed by atoms with Crippen molar-refractivity contribution in [1.82, 2.24) is 5.32 Å². The molecular weight excluding hydrogens is 266 g/mol. The molecule has 0 radical (unpaired) electrons. The Kier molecular flexibility index (Phi) is 5.31. The van der Waals surface area contributed by atoms with Gasteiger partial charge in [-0.25, -0.2) is 0 Å². The Morgan fingerprint density at radius 3 is 2.43 bits per heavy atom. The van der Waals surface area contributed by atoms with Gasteiger partial charge in [0.15, 0.2) is 0 Å². The molecule has 0 amide bonds. The standard InChI is InChI=1S/C17H31NO3/c1-16(2,3)13-7-9-17(10-8-13,15(19)20-4)18-12-14-6-5-11-21-14/h13-14,18H,5-12H2,1-4H3. The highest BCUT2D eigenvalue weighted by atomic mass is 16.5. The van der Waals surface area contributed by atoms with Gasteiger partial charge in [0.25, 0.3) is 0 Å². The second-order valence-corrected chi connectivity index (χ2v) is 7.73. The summed E-state index contributed by atoms with van der Waals surface area (Å²) >= 11 is 0. The van der Waals surface area contributed by atoms with Crippen molar-refractivity contribution in [1.29, 1.82) is 0 Å². The van der Waals surface area contributed by atoms with Gasteiger partial charge in [-0.05, 0) is 49.9 Å². The Bertz CT molecular complexity index is 348. The van der Waals surface area contributed by atoms with Gasteiger partial charge in [-0.15, -0.1) is 0 Å². The fourth-order valence-corrected chi connectivity index (χ4v) is 3.74. The lowest BCUT2D eigenvalue weighted by Gasteiger charge is -2.43. The number of methoxy groups -OCH3 is 1. The zero-order valence-electron chi connectivity index (χ0n) is 14.0. The van der Waals surface area contributed by atoms with Crippen LogP contribution < -0.4 is 5.32 Å². The predicted molar refractivity (Wildman–Crippen MR) is 83.1 cm³/mol. The number of nitrogens with one attached hydrogen (secondary N) is 1. The molecule has 122 valence electrons. The molecule has 4 nitrogen and oxygen atoms in total. The van der Waals surface area contributed by atoms with Crippen molar-refractivity contribution in [3.05, 3.63) is 0 Å². The maximum Gasteiger partial charge on any atom is 0.326 e. The Balaban J connectivity index is 1.97. The highest BCUT2D eigenvalue weighted by Gasteiger charge is 2.44. The molecule has 1 saturated carbocycles. The van der Waals surface area contributed by atoms with Crippen molar-refractivity contribution < 1.29 is 14.3 Å². The Morgan fingerprint density at radius 1 is 1.29 bits per heavy atom. The first-order valence-corrected chi connectivity index (χ1v) is 8.32. The predicted octanol–water partition coefficient (Wildman–Crippen LogP) is 2.90. The second-order valence-electron chi connectivity index (χ2n) is 7.73. The molecule has 0 aromatic heterocycles. The number of hydrogen-bond acceptors (Lipinski definition) is 4. The van der Waals surface area contributed by atoms with Gasteiger partial charge >= 0.3 is 5.97 Å². The third-order valence-electron chi connectivity index (χ3n) is 5.33. The molecule has 1 N–H and O–H groups in total. The molecule has 0 aromatic carbocycles. The Morgan fingerprint density at radius 2 is 1.95 bits per heavy atom. The van der Waals surface area contributed by atoms with Crippen molar-refractivity contribution in [2.75, 3.05) is 20.3 Å². The summed E-state index contributed by atoms with van der Waals surface area (Å²) in [6, 6.07) is 0. The van der Waals surface area contributed by atoms with Gasteiger partial charge in [-0.2, -0.15) is 0 Å². The molecule has 0 bridgehead atoms. The smallest absolute Gasteiger partial charge is 0.326 e. The summed E-state index contributed by atoms with van der Waals surface area (Å²) in [4.78, 5) is 12.3. The summed E-state index contributed by atoms with van der Waals surface area (Å²) in [7, 11) is 1.49. The van der Waals surface area contributed by atoms with E-state index in [0.717, 1.165) is 51.7 Å².